The summed E-state index contributed by atoms with van der Waals surface area (Å²) in [6, 6.07) is 9.64. The molecule has 3 rings (SSSR count). The van der Waals surface area contributed by atoms with Crippen molar-refractivity contribution in [1.82, 2.24) is 4.98 Å². The van der Waals surface area contributed by atoms with Crippen LogP contribution >= 0.6 is 0 Å². The first-order valence-corrected chi connectivity index (χ1v) is 5.51. The molecule has 1 aliphatic rings. The van der Waals surface area contributed by atoms with Gasteiger partial charge in [0.2, 0.25) is 0 Å². The van der Waals surface area contributed by atoms with Gasteiger partial charge in [-0.05, 0) is 12.1 Å². The molecule has 1 aromatic heterocycles. The molecule has 0 fully saturated rings. The molecule has 0 bridgehead atoms. The summed E-state index contributed by atoms with van der Waals surface area (Å²) in [5.74, 6) is -1.74. The van der Waals surface area contributed by atoms with Crippen molar-refractivity contribution in [3.05, 3.63) is 59.4 Å². The maximum atomic E-state index is 12.2. The summed E-state index contributed by atoms with van der Waals surface area (Å²) >= 11 is 0. The molecule has 1 N–H and O–H groups in total. The van der Waals surface area contributed by atoms with Gasteiger partial charge in [0.1, 0.15) is 17.4 Å². The third-order valence-electron chi connectivity index (χ3n) is 3.07. The second-order valence-corrected chi connectivity index (χ2v) is 4.11. The maximum Gasteiger partial charge on any atom is 0.180 e. The van der Waals surface area contributed by atoms with Gasteiger partial charge >= 0.3 is 0 Å². The molecule has 0 atom stereocenters. The molecule has 4 nitrogen and oxygen atoms in total. The number of nitrogens with zero attached hydrogens (tertiary/aromatic N) is 1. The van der Waals surface area contributed by atoms with Gasteiger partial charge in [-0.1, -0.05) is 24.3 Å². The van der Waals surface area contributed by atoms with E-state index in [0.717, 1.165) is 0 Å². The van der Waals surface area contributed by atoms with E-state index in [1.165, 1.54) is 12.3 Å². The highest BCUT2D eigenvalue weighted by atomic mass is 16.3. The Balaban J connectivity index is 2.16. The van der Waals surface area contributed by atoms with Gasteiger partial charge in [0, 0.05) is 17.3 Å². The van der Waals surface area contributed by atoms with E-state index in [2.05, 4.69) is 4.98 Å². The lowest BCUT2D eigenvalue weighted by atomic mass is 9.98. The number of aromatic nitrogens is 1. The van der Waals surface area contributed by atoms with Gasteiger partial charge < -0.3 is 5.11 Å². The first kappa shape index (κ1) is 10.7. The Hall–Kier alpha value is -2.49. The van der Waals surface area contributed by atoms with Crippen molar-refractivity contribution < 1.29 is 14.7 Å². The molecule has 0 saturated carbocycles. The van der Waals surface area contributed by atoms with E-state index in [1.54, 1.807) is 30.3 Å². The summed E-state index contributed by atoms with van der Waals surface area (Å²) in [6.07, 6.45) is 1.46. The summed E-state index contributed by atoms with van der Waals surface area (Å²) in [5, 5.41) is 9.72. The Morgan fingerprint density at radius 1 is 0.944 bits per heavy atom. The van der Waals surface area contributed by atoms with Crippen LogP contribution in [0.4, 0.5) is 0 Å². The van der Waals surface area contributed by atoms with Crippen LogP contribution in [0.2, 0.25) is 0 Å². The molecule has 0 amide bonds. The van der Waals surface area contributed by atoms with Crippen LogP contribution in [-0.4, -0.2) is 21.7 Å². The van der Waals surface area contributed by atoms with E-state index in [-0.39, 0.29) is 23.0 Å². The Labute approximate surface area is 103 Å². The molecule has 2 aromatic rings. The fraction of sp³-hybridized carbons (Fsp3) is 0.0714. The van der Waals surface area contributed by atoms with Crippen molar-refractivity contribution in [3.63, 3.8) is 0 Å². The quantitative estimate of drug-likeness (QED) is 0.772. The van der Waals surface area contributed by atoms with Crippen molar-refractivity contribution in [1.29, 1.82) is 0 Å². The fourth-order valence-electron chi connectivity index (χ4n) is 2.22. The summed E-state index contributed by atoms with van der Waals surface area (Å²) in [4.78, 5) is 28.3. The monoisotopic (exact) mass is 239 g/mol. The van der Waals surface area contributed by atoms with Gasteiger partial charge in [0.15, 0.2) is 11.6 Å². The highest BCUT2D eigenvalue weighted by Crippen LogP contribution is 2.35. The number of fused-ring (bicyclic) bond motifs is 1. The van der Waals surface area contributed by atoms with E-state index >= 15 is 0 Å². The average Bonchev–Trinajstić information content (AvgIpc) is 2.64. The molecule has 1 heterocycles. The number of carbonyl (C=O) groups is 2. The number of hydrogen-bond acceptors (Lipinski definition) is 4. The topological polar surface area (TPSA) is 67.3 Å². The first-order chi connectivity index (χ1) is 8.70. The number of Topliss-reactive ketones (excluding diaryl/α,β-unsaturated/α-hetero) is 2. The predicted molar refractivity (Wildman–Crippen MR) is 63.7 cm³/mol. The van der Waals surface area contributed by atoms with Gasteiger partial charge in [-0.3, -0.25) is 14.6 Å². The minimum Gasteiger partial charge on any atom is -0.506 e. The number of hydrogen-bond donors (Lipinski definition) is 1. The SMILES string of the molecule is O=C1c2ccccc2C(=O)C1c1ncccc1O. The van der Waals surface area contributed by atoms with Crippen LogP contribution in [0.25, 0.3) is 0 Å². The lowest BCUT2D eigenvalue weighted by molar-refractivity contribution is 0.0886. The highest BCUT2D eigenvalue weighted by Gasteiger charge is 2.41. The zero-order valence-electron chi connectivity index (χ0n) is 9.33. The van der Waals surface area contributed by atoms with Crippen LogP contribution < -0.4 is 0 Å². The van der Waals surface area contributed by atoms with Gasteiger partial charge in [-0.25, -0.2) is 0 Å². The molecule has 0 aliphatic heterocycles. The van der Waals surface area contributed by atoms with Crippen molar-refractivity contribution in [2.24, 2.45) is 0 Å². The molecule has 0 saturated heterocycles. The van der Waals surface area contributed by atoms with Crippen molar-refractivity contribution >= 4 is 11.6 Å². The van der Waals surface area contributed by atoms with Crippen LogP contribution in [0.1, 0.15) is 32.3 Å². The zero-order valence-corrected chi connectivity index (χ0v) is 9.33. The second kappa shape index (κ2) is 3.77. The minimum absolute atomic E-state index is 0.128. The lowest BCUT2D eigenvalue weighted by Gasteiger charge is -2.07. The van der Waals surface area contributed by atoms with E-state index in [9.17, 15) is 14.7 Å². The Morgan fingerprint density at radius 3 is 2.11 bits per heavy atom. The second-order valence-electron chi connectivity index (χ2n) is 4.11. The summed E-state index contributed by atoms with van der Waals surface area (Å²) in [5.41, 5.74) is 0.929. The Bertz CT molecular complexity index is 629. The number of aromatic hydroxyl groups is 1. The van der Waals surface area contributed by atoms with Crippen molar-refractivity contribution in [2.45, 2.75) is 5.92 Å². The van der Waals surface area contributed by atoms with Crippen LogP contribution in [0.3, 0.4) is 0 Å². The molecular formula is C14H9NO3. The molecule has 0 spiro atoms. The Kier molecular flexibility index (Phi) is 2.23. The molecular weight excluding hydrogens is 230 g/mol. The van der Waals surface area contributed by atoms with Gasteiger partial charge in [0.05, 0.1) is 0 Å². The van der Waals surface area contributed by atoms with Crippen LogP contribution in [0.5, 0.6) is 5.75 Å². The zero-order chi connectivity index (χ0) is 12.7. The first-order valence-electron chi connectivity index (χ1n) is 5.51. The van der Waals surface area contributed by atoms with Gasteiger partial charge in [-0.2, -0.15) is 0 Å². The molecule has 1 aromatic carbocycles. The van der Waals surface area contributed by atoms with E-state index in [1.807, 2.05) is 0 Å². The summed E-state index contributed by atoms with van der Waals surface area (Å²) in [7, 11) is 0. The summed E-state index contributed by atoms with van der Waals surface area (Å²) < 4.78 is 0. The van der Waals surface area contributed by atoms with Crippen LogP contribution in [0, 0.1) is 0 Å². The molecule has 1 aliphatic carbocycles. The fourth-order valence-corrected chi connectivity index (χ4v) is 2.22. The maximum absolute atomic E-state index is 12.2. The third-order valence-corrected chi connectivity index (χ3v) is 3.07. The number of rotatable bonds is 1. The predicted octanol–water partition coefficient (Wildman–Crippen LogP) is 1.95. The molecule has 0 unspecified atom stereocenters. The number of ketones is 2. The summed E-state index contributed by atoms with van der Waals surface area (Å²) in [6.45, 7) is 0. The van der Waals surface area contributed by atoms with Gasteiger partial charge in [0.25, 0.3) is 0 Å². The van der Waals surface area contributed by atoms with E-state index < -0.39 is 5.92 Å². The minimum atomic E-state index is -1.01. The normalized spacial score (nSPS) is 14.9. The standard InChI is InChI=1S/C14H9NO3/c16-10-6-3-7-15-12(10)11-13(17)8-4-1-2-5-9(8)14(11)18/h1-7,11,16H. The molecule has 4 heteroatoms. The average molecular weight is 239 g/mol. The Morgan fingerprint density at radius 2 is 1.56 bits per heavy atom. The van der Waals surface area contributed by atoms with Crippen molar-refractivity contribution in [3.8, 4) is 5.75 Å². The number of benzene rings is 1. The van der Waals surface area contributed by atoms with Gasteiger partial charge in [-0.15, -0.1) is 0 Å². The van der Waals surface area contributed by atoms with E-state index in [0.29, 0.717) is 11.1 Å². The molecule has 18 heavy (non-hydrogen) atoms. The molecule has 88 valence electrons. The molecule has 0 radical (unpaired) electrons. The van der Waals surface area contributed by atoms with E-state index in [4.69, 9.17) is 0 Å². The smallest absolute Gasteiger partial charge is 0.180 e. The highest BCUT2D eigenvalue weighted by molar-refractivity contribution is 6.29. The number of carbonyl (C=O) groups excluding carboxylic acids is 2. The number of pyridine rings is 1. The largest absolute Gasteiger partial charge is 0.506 e. The van der Waals surface area contributed by atoms with Crippen LogP contribution in [0.15, 0.2) is 42.6 Å². The van der Waals surface area contributed by atoms with Crippen molar-refractivity contribution in [2.75, 3.05) is 0 Å². The third kappa shape index (κ3) is 1.35. The lowest BCUT2D eigenvalue weighted by Crippen LogP contribution is -2.14. The van der Waals surface area contributed by atoms with Crippen LogP contribution in [-0.2, 0) is 0 Å².